The molecule has 0 aromatic heterocycles. The van der Waals surface area contributed by atoms with Crippen LogP contribution in [-0.4, -0.2) is 16.3 Å². The van der Waals surface area contributed by atoms with E-state index >= 15 is 0 Å². The molecule has 0 spiro atoms. The lowest BCUT2D eigenvalue weighted by Crippen LogP contribution is -2.36. The van der Waals surface area contributed by atoms with E-state index in [0.717, 1.165) is 11.3 Å². The number of nitrogens with zero attached hydrogens (tertiary/aromatic N) is 2. The van der Waals surface area contributed by atoms with Crippen molar-refractivity contribution in [1.29, 1.82) is 0 Å². The molecular weight excluding hydrogens is 214 g/mol. The first-order valence-electron chi connectivity index (χ1n) is 4.17. The zero-order valence-electron chi connectivity index (χ0n) is 8.62. The number of hydrazine groups is 1. The number of nitrogens with two attached hydrogens (primary N) is 2. The van der Waals surface area contributed by atoms with Crippen molar-refractivity contribution in [2.75, 3.05) is 0 Å². The first kappa shape index (κ1) is 13.7. The molecule has 8 nitrogen and oxygen atoms in total. The number of rotatable bonds is 1. The molecule has 0 heterocycles. The number of aliphatic imine (C=N–C) groups is 1. The minimum atomic E-state index is -1.50. The highest BCUT2D eigenvalue weighted by Crippen LogP contribution is 2.16. The topological polar surface area (TPSA) is 140 Å². The van der Waals surface area contributed by atoms with Crippen LogP contribution < -0.4 is 17.0 Å². The van der Waals surface area contributed by atoms with E-state index < -0.39 is 5.09 Å². The first-order chi connectivity index (χ1) is 7.47. The number of nitrogens with one attached hydrogen (secondary N) is 1. The van der Waals surface area contributed by atoms with Crippen LogP contribution in [0.1, 0.15) is 5.56 Å². The van der Waals surface area contributed by atoms with Gasteiger partial charge in [0.05, 0.1) is 5.69 Å². The fraction of sp³-hybridized carbons (Fsp3) is 0.125. The highest BCUT2D eigenvalue weighted by molar-refractivity contribution is 5.80. The van der Waals surface area contributed by atoms with Gasteiger partial charge in [0.15, 0.2) is 0 Å². The second-order valence-corrected chi connectivity index (χ2v) is 2.67. The summed E-state index contributed by atoms with van der Waals surface area (Å²) in [6.45, 7) is 1.96. The van der Waals surface area contributed by atoms with Gasteiger partial charge in [-0.3, -0.25) is 5.43 Å². The first-order valence-corrected chi connectivity index (χ1v) is 4.17. The maximum Gasteiger partial charge on any atom is 0.291 e. The molecule has 1 aromatic rings. The van der Waals surface area contributed by atoms with Crippen LogP contribution in [0.25, 0.3) is 0 Å². The third-order valence-electron chi connectivity index (χ3n) is 1.50. The molecular formula is C8H13N5O3. The summed E-state index contributed by atoms with van der Waals surface area (Å²) < 4.78 is 0. The fourth-order valence-electron chi connectivity index (χ4n) is 0.851. The molecule has 0 radical (unpaired) electrons. The van der Waals surface area contributed by atoms with Crippen LogP contribution in [0.15, 0.2) is 29.3 Å². The summed E-state index contributed by atoms with van der Waals surface area (Å²) in [5.41, 5.74) is 9.55. The summed E-state index contributed by atoms with van der Waals surface area (Å²) in [6, 6.07) is 7.68. The minimum absolute atomic E-state index is 0.212. The Morgan fingerprint density at radius 1 is 1.56 bits per heavy atom. The summed E-state index contributed by atoms with van der Waals surface area (Å²) in [6.07, 6.45) is 0. The highest BCUT2D eigenvalue weighted by Gasteiger charge is 1.93. The molecule has 0 aliphatic rings. The van der Waals surface area contributed by atoms with Crippen molar-refractivity contribution >= 4 is 11.6 Å². The number of aryl methyl sites for hydroxylation is 1. The van der Waals surface area contributed by atoms with Gasteiger partial charge in [0.25, 0.3) is 5.09 Å². The van der Waals surface area contributed by atoms with Crippen molar-refractivity contribution in [2.45, 2.75) is 6.92 Å². The molecule has 0 fully saturated rings. The lowest BCUT2D eigenvalue weighted by Gasteiger charge is -2.00. The van der Waals surface area contributed by atoms with E-state index in [2.05, 4.69) is 10.4 Å². The Hall–Kier alpha value is -2.35. The summed E-state index contributed by atoms with van der Waals surface area (Å²) in [7, 11) is 0. The number of para-hydroxylation sites is 1. The van der Waals surface area contributed by atoms with Crippen molar-refractivity contribution < 1.29 is 10.3 Å². The van der Waals surface area contributed by atoms with Crippen molar-refractivity contribution in [3.05, 3.63) is 39.9 Å². The maximum absolute atomic E-state index is 8.36. The van der Waals surface area contributed by atoms with E-state index in [9.17, 15) is 0 Å². The molecule has 0 aliphatic heterocycles. The van der Waals surface area contributed by atoms with Crippen molar-refractivity contribution in [3.8, 4) is 0 Å². The van der Waals surface area contributed by atoms with Crippen molar-refractivity contribution in [1.82, 2.24) is 5.43 Å². The molecule has 0 bridgehead atoms. The normalized spacial score (nSPS) is 10.0. The van der Waals surface area contributed by atoms with Crippen LogP contribution in [0, 0.1) is 17.0 Å². The highest BCUT2D eigenvalue weighted by atomic mass is 16.9. The Balaban J connectivity index is 0.000000487. The molecule has 0 amide bonds. The largest absolute Gasteiger partial charge is 0.369 e. The smallest absolute Gasteiger partial charge is 0.291 e. The standard InChI is InChI=1S/C8H12N4.HNO3/c1-6-4-2-3-5-7(6)11-8(9)12-10;2-1(3)4/h2-5H,10H2,1H3,(H3,9,11,12);(H,2,3,4). The average molecular weight is 227 g/mol. The molecule has 0 aliphatic carbocycles. The molecule has 0 saturated heterocycles. The van der Waals surface area contributed by atoms with Gasteiger partial charge < -0.3 is 10.9 Å². The van der Waals surface area contributed by atoms with E-state index in [1.54, 1.807) is 0 Å². The van der Waals surface area contributed by atoms with E-state index in [0.29, 0.717) is 0 Å². The van der Waals surface area contributed by atoms with Gasteiger partial charge in [0.1, 0.15) is 0 Å². The zero-order valence-corrected chi connectivity index (χ0v) is 8.62. The third-order valence-corrected chi connectivity index (χ3v) is 1.50. The van der Waals surface area contributed by atoms with Gasteiger partial charge in [-0.05, 0) is 18.6 Å². The second kappa shape index (κ2) is 7.01. The molecule has 8 heteroatoms. The number of benzene rings is 1. The van der Waals surface area contributed by atoms with Gasteiger partial charge in [0, 0.05) is 0 Å². The van der Waals surface area contributed by atoms with Crippen LogP contribution in [0.5, 0.6) is 0 Å². The van der Waals surface area contributed by atoms with Crippen LogP contribution in [0.4, 0.5) is 5.69 Å². The maximum atomic E-state index is 8.36. The van der Waals surface area contributed by atoms with Crippen LogP contribution >= 0.6 is 0 Å². The van der Waals surface area contributed by atoms with Crippen LogP contribution in [0.3, 0.4) is 0 Å². The Bertz CT molecular complexity index is 376. The molecule has 0 saturated carbocycles. The monoisotopic (exact) mass is 227 g/mol. The van der Waals surface area contributed by atoms with Crippen LogP contribution in [-0.2, 0) is 0 Å². The molecule has 16 heavy (non-hydrogen) atoms. The average Bonchev–Trinajstić information content (AvgIpc) is 2.20. The molecule has 1 rings (SSSR count). The van der Waals surface area contributed by atoms with E-state index in [1.807, 2.05) is 31.2 Å². The summed E-state index contributed by atoms with van der Waals surface area (Å²) >= 11 is 0. The predicted octanol–water partition coefficient (Wildman–Crippen LogP) is 0.0568. The fourth-order valence-corrected chi connectivity index (χ4v) is 0.851. The van der Waals surface area contributed by atoms with Gasteiger partial charge in [-0.15, -0.1) is 10.1 Å². The molecule has 0 unspecified atom stereocenters. The summed E-state index contributed by atoms with van der Waals surface area (Å²) in [5, 5.41) is 13.6. The number of hydrogen-bond donors (Lipinski definition) is 4. The van der Waals surface area contributed by atoms with E-state index in [1.165, 1.54) is 0 Å². The lowest BCUT2D eigenvalue weighted by atomic mass is 10.2. The quantitative estimate of drug-likeness (QED) is 0.176. The van der Waals surface area contributed by atoms with Crippen molar-refractivity contribution in [3.63, 3.8) is 0 Å². The number of hydrogen-bond acceptors (Lipinski definition) is 4. The van der Waals surface area contributed by atoms with E-state index in [-0.39, 0.29) is 5.96 Å². The van der Waals surface area contributed by atoms with Crippen molar-refractivity contribution in [2.24, 2.45) is 16.6 Å². The zero-order chi connectivity index (χ0) is 12.6. The van der Waals surface area contributed by atoms with Crippen LogP contribution in [0.2, 0.25) is 0 Å². The molecule has 1 aromatic carbocycles. The SMILES string of the molecule is Cc1ccccc1N=C(N)NN.O=[N+]([O-])O. The van der Waals surface area contributed by atoms with E-state index in [4.69, 9.17) is 26.9 Å². The predicted molar refractivity (Wildman–Crippen MR) is 58.6 cm³/mol. The van der Waals surface area contributed by atoms with Gasteiger partial charge in [0.2, 0.25) is 5.96 Å². The second-order valence-electron chi connectivity index (χ2n) is 2.67. The van der Waals surface area contributed by atoms with Gasteiger partial charge >= 0.3 is 0 Å². The molecule has 0 atom stereocenters. The Labute approximate surface area is 91.7 Å². The lowest BCUT2D eigenvalue weighted by molar-refractivity contribution is -0.742. The van der Waals surface area contributed by atoms with Gasteiger partial charge in [-0.25, -0.2) is 10.8 Å². The number of guanidine groups is 1. The van der Waals surface area contributed by atoms with Gasteiger partial charge in [-0.1, -0.05) is 18.2 Å². The Morgan fingerprint density at radius 2 is 2.06 bits per heavy atom. The van der Waals surface area contributed by atoms with Gasteiger partial charge in [-0.2, -0.15) is 0 Å². The summed E-state index contributed by atoms with van der Waals surface area (Å²) in [4.78, 5) is 12.4. The third kappa shape index (κ3) is 6.16. The Kier molecular flexibility index (Phi) is 5.98. The molecule has 6 N–H and O–H groups in total. The molecule has 88 valence electrons. The Morgan fingerprint density at radius 3 is 2.50 bits per heavy atom. The summed E-state index contributed by atoms with van der Waals surface area (Å²) in [5.74, 6) is 5.28. The minimum Gasteiger partial charge on any atom is -0.369 e.